The number of hydrogen-bond donors (Lipinski definition) is 1. The van der Waals surface area contributed by atoms with Crippen molar-refractivity contribution in [3.63, 3.8) is 0 Å². The van der Waals surface area contributed by atoms with E-state index in [2.05, 4.69) is 10.3 Å². The molecule has 31 heavy (non-hydrogen) atoms. The minimum atomic E-state index is -4.87. The molecule has 1 fully saturated rings. The first-order valence-electron chi connectivity index (χ1n) is 9.66. The number of allylic oxidation sites excluding steroid dienone is 1. The Balaban J connectivity index is 1.70. The van der Waals surface area contributed by atoms with Crippen molar-refractivity contribution in [3.05, 3.63) is 46.7 Å². The monoisotopic (exact) mass is 448 g/mol. The Morgan fingerprint density at radius 3 is 2.32 bits per heavy atom. The number of carbonyl (C=O) groups is 1. The first kappa shape index (κ1) is 23.1. The van der Waals surface area contributed by atoms with E-state index >= 15 is 0 Å². The van der Waals surface area contributed by atoms with Gasteiger partial charge in [-0.05, 0) is 49.5 Å². The van der Waals surface area contributed by atoms with E-state index in [-0.39, 0.29) is 30.1 Å². The number of carbonyl (C=O) groups excluding carboxylic acids is 1. The average Bonchev–Trinajstić information content (AvgIpc) is 2.96. The Morgan fingerprint density at radius 1 is 1.13 bits per heavy atom. The largest absolute Gasteiger partial charge is 0.416 e. The number of likely N-dealkylation sites (tertiary alicyclic amines) is 1. The summed E-state index contributed by atoms with van der Waals surface area (Å²) in [5.41, 5.74) is -2.09. The highest BCUT2D eigenvalue weighted by Crippen LogP contribution is 2.38. The van der Waals surface area contributed by atoms with Gasteiger partial charge in [0.15, 0.2) is 5.84 Å². The molecule has 1 N–H and O–H groups in total. The molecule has 5 nitrogen and oxygen atoms in total. The first-order valence-corrected chi connectivity index (χ1v) is 9.66. The third-order valence-electron chi connectivity index (χ3n) is 5.50. The van der Waals surface area contributed by atoms with E-state index in [4.69, 9.17) is 0 Å². The fourth-order valence-corrected chi connectivity index (χ4v) is 3.76. The molecule has 1 aromatic rings. The Kier molecular flexibility index (Phi) is 6.35. The van der Waals surface area contributed by atoms with Crippen molar-refractivity contribution in [1.82, 2.24) is 15.1 Å². The molecule has 0 radical (unpaired) electrons. The van der Waals surface area contributed by atoms with E-state index in [0.717, 1.165) is 6.07 Å². The lowest BCUT2D eigenvalue weighted by atomic mass is 9.94. The molecule has 2 aliphatic heterocycles. The van der Waals surface area contributed by atoms with Gasteiger partial charge in [-0.2, -0.15) is 31.3 Å². The van der Waals surface area contributed by atoms with Crippen molar-refractivity contribution >= 4 is 11.9 Å². The highest BCUT2D eigenvalue weighted by molar-refractivity contribution is 6.11. The molecule has 0 spiro atoms. The fourth-order valence-electron chi connectivity index (χ4n) is 3.76. The van der Waals surface area contributed by atoms with Gasteiger partial charge in [0.25, 0.3) is 0 Å². The van der Waals surface area contributed by atoms with Crippen LogP contribution in [-0.4, -0.2) is 48.9 Å². The van der Waals surface area contributed by atoms with Crippen LogP contribution >= 0.6 is 0 Å². The van der Waals surface area contributed by atoms with Gasteiger partial charge in [-0.3, -0.25) is 9.80 Å². The van der Waals surface area contributed by atoms with Gasteiger partial charge in [-0.15, -0.1) is 0 Å². The normalized spacial score (nSPS) is 20.5. The molecule has 2 heterocycles. The molecular weight excluding hydrogens is 426 g/mol. The lowest BCUT2D eigenvalue weighted by Crippen LogP contribution is -2.34. The number of amidine groups is 1. The molecule has 11 heteroatoms. The summed E-state index contributed by atoms with van der Waals surface area (Å²) in [5.74, 6) is 0.572. The minimum absolute atomic E-state index is 0.0854. The minimum Gasteiger partial charge on any atom is -0.371 e. The molecule has 2 amide bonds. The van der Waals surface area contributed by atoms with Crippen LogP contribution in [0.5, 0.6) is 0 Å². The molecule has 0 aromatic heterocycles. The predicted octanol–water partition coefficient (Wildman–Crippen LogP) is 4.50. The van der Waals surface area contributed by atoms with Gasteiger partial charge < -0.3 is 5.32 Å². The number of urea groups is 1. The number of likely N-dealkylation sites (N-methyl/N-ethyl adjacent to an activating group) is 2. The van der Waals surface area contributed by atoms with E-state index < -0.39 is 23.5 Å². The molecule has 1 aromatic carbocycles. The first-order chi connectivity index (χ1) is 14.4. The predicted molar refractivity (Wildman–Crippen MR) is 102 cm³/mol. The Bertz CT molecular complexity index is 898. The molecule has 0 atom stereocenters. The van der Waals surface area contributed by atoms with E-state index in [1.54, 1.807) is 19.0 Å². The van der Waals surface area contributed by atoms with Gasteiger partial charge in [0.2, 0.25) is 0 Å². The van der Waals surface area contributed by atoms with Crippen LogP contribution in [0.1, 0.15) is 29.5 Å². The van der Waals surface area contributed by atoms with E-state index in [9.17, 15) is 31.1 Å². The van der Waals surface area contributed by atoms with Gasteiger partial charge in [-0.25, -0.2) is 4.79 Å². The van der Waals surface area contributed by atoms with Crippen LogP contribution in [-0.2, 0) is 18.9 Å². The third-order valence-corrected chi connectivity index (χ3v) is 5.50. The maximum absolute atomic E-state index is 13.4. The summed E-state index contributed by atoms with van der Waals surface area (Å²) in [6.07, 6.45) is -6.50. The number of nitrogens with zero attached hydrogens (tertiary/aromatic N) is 3. The number of benzene rings is 1. The van der Waals surface area contributed by atoms with Crippen LogP contribution in [0.15, 0.2) is 35.0 Å². The van der Waals surface area contributed by atoms with E-state index in [0.29, 0.717) is 43.5 Å². The highest BCUT2D eigenvalue weighted by Gasteiger charge is 2.38. The summed E-state index contributed by atoms with van der Waals surface area (Å²) in [4.78, 5) is 18.8. The quantitative estimate of drug-likeness (QED) is 0.693. The van der Waals surface area contributed by atoms with Crippen molar-refractivity contribution in [1.29, 1.82) is 0 Å². The molecule has 0 bridgehead atoms. The number of rotatable bonds is 3. The van der Waals surface area contributed by atoms with Crippen molar-refractivity contribution in [2.24, 2.45) is 10.9 Å². The Hall–Kier alpha value is -2.56. The van der Waals surface area contributed by atoms with Crippen LogP contribution in [0.3, 0.4) is 0 Å². The summed E-state index contributed by atoms with van der Waals surface area (Å²) in [6.45, 7) is 0.880. The van der Waals surface area contributed by atoms with Gasteiger partial charge >= 0.3 is 18.4 Å². The van der Waals surface area contributed by atoms with Crippen LogP contribution in [0.2, 0.25) is 0 Å². The third kappa shape index (κ3) is 5.20. The smallest absolute Gasteiger partial charge is 0.371 e. The average molecular weight is 448 g/mol. The van der Waals surface area contributed by atoms with E-state index in [1.165, 1.54) is 4.90 Å². The highest BCUT2D eigenvalue weighted by atomic mass is 19.4. The maximum atomic E-state index is 13.4. The number of hydrogen-bond acceptors (Lipinski definition) is 3. The van der Waals surface area contributed by atoms with Crippen molar-refractivity contribution in [3.8, 4) is 0 Å². The SMILES string of the molecule is CNC1=NC(=O)N(C)C1=CC1CCN(Cc2ccc(C(F)(F)F)cc2C(F)(F)F)CC1. The zero-order valence-corrected chi connectivity index (χ0v) is 16.9. The summed E-state index contributed by atoms with van der Waals surface area (Å²) in [7, 11) is 3.27. The number of aliphatic imine (C=N–C) groups is 1. The van der Waals surface area contributed by atoms with Crippen molar-refractivity contribution in [2.45, 2.75) is 31.7 Å². The number of amides is 2. The van der Waals surface area contributed by atoms with Crippen molar-refractivity contribution in [2.75, 3.05) is 27.2 Å². The Morgan fingerprint density at radius 2 is 1.77 bits per heavy atom. The zero-order valence-electron chi connectivity index (χ0n) is 16.9. The topological polar surface area (TPSA) is 47.9 Å². The molecule has 1 saturated heterocycles. The maximum Gasteiger partial charge on any atom is 0.416 e. The number of halogens is 6. The summed E-state index contributed by atoms with van der Waals surface area (Å²) in [6, 6.07) is 1.40. The van der Waals surface area contributed by atoms with Gasteiger partial charge in [0.1, 0.15) is 0 Å². The number of piperidine rings is 1. The van der Waals surface area contributed by atoms with Gasteiger partial charge in [0, 0.05) is 20.6 Å². The molecule has 170 valence electrons. The molecule has 0 aliphatic carbocycles. The van der Waals surface area contributed by atoms with Crippen LogP contribution < -0.4 is 5.32 Å². The zero-order chi connectivity index (χ0) is 23.0. The molecule has 0 saturated carbocycles. The lowest BCUT2D eigenvalue weighted by Gasteiger charge is -2.32. The second kappa shape index (κ2) is 8.52. The summed E-state index contributed by atoms with van der Waals surface area (Å²) >= 11 is 0. The fraction of sp³-hybridized carbons (Fsp3) is 0.500. The summed E-state index contributed by atoms with van der Waals surface area (Å²) < 4.78 is 78.6. The number of nitrogens with one attached hydrogen (secondary N) is 1. The van der Waals surface area contributed by atoms with Crippen LogP contribution in [0.25, 0.3) is 0 Å². The van der Waals surface area contributed by atoms with Crippen LogP contribution in [0.4, 0.5) is 31.1 Å². The molecule has 3 rings (SSSR count). The standard InChI is InChI=1S/C20H22F6N4O/c1-27-17-16(29(2)18(31)28-17)9-12-5-7-30(8-6-12)11-13-3-4-14(19(21,22)23)10-15(13)20(24,25)26/h3-4,9-10,12H,5-8,11H2,1-2H3,(H,27,28,31). The lowest BCUT2D eigenvalue weighted by molar-refractivity contribution is -0.143. The Labute approximate surface area is 175 Å². The van der Waals surface area contributed by atoms with Gasteiger partial charge in [0.05, 0.1) is 16.8 Å². The second-order valence-electron chi connectivity index (χ2n) is 7.58. The van der Waals surface area contributed by atoms with Gasteiger partial charge in [-0.1, -0.05) is 12.1 Å². The molecule has 0 unspecified atom stereocenters. The van der Waals surface area contributed by atoms with E-state index in [1.807, 2.05) is 6.08 Å². The molecular formula is C20H22F6N4O. The van der Waals surface area contributed by atoms with Crippen molar-refractivity contribution < 1.29 is 31.1 Å². The number of alkyl halides is 6. The summed E-state index contributed by atoms with van der Waals surface area (Å²) in [5, 5.41) is 2.86. The second-order valence-corrected chi connectivity index (χ2v) is 7.58. The molecule has 2 aliphatic rings. The van der Waals surface area contributed by atoms with Crippen LogP contribution in [0, 0.1) is 5.92 Å².